The van der Waals surface area contributed by atoms with Crippen LogP contribution in [0, 0.1) is 0 Å². The van der Waals surface area contributed by atoms with E-state index in [1.165, 1.54) is 12.4 Å². The Morgan fingerprint density at radius 3 is 2.62 bits per heavy atom. The second-order valence-corrected chi connectivity index (χ2v) is 10.9. The minimum absolute atomic E-state index is 0.000397. The van der Waals surface area contributed by atoms with Crippen molar-refractivity contribution in [1.82, 2.24) is 33.9 Å². The molecule has 178 valence electrons. The number of ether oxygens (including phenoxy) is 1. The predicted octanol–water partition coefficient (Wildman–Crippen LogP) is 3.54. The molecule has 0 radical (unpaired) electrons. The molecule has 1 aliphatic carbocycles. The Morgan fingerprint density at radius 1 is 1.12 bits per heavy atom. The summed E-state index contributed by atoms with van der Waals surface area (Å²) in [6.45, 7) is 8.03. The molecule has 0 unspecified atom stereocenters. The van der Waals surface area contributed by atoms with Crippen LogP contribution in [0.5, 0.6) is 5.88 Å². The molecule has 1 N–H and O–H groups in total. The van der Waals surface area contributed by atoms with E-state index in [1.54, 1.807) is 18.5 Å². The van der Waals surface area contributed by atoms with Crippen LogP contribution in [-0.2, 0) is 10.0 Å². The largest absolute Gasteiger partial charge is 0.473 e. The van der Waals surface area contributed by atoms with Crippen LogP contribution in [0.1, 0.15) is 46.6 Å². The van der Waals surface area contributed by atoms with Gasteiger partial charge in [0.15, 0.2) is 5.82 Å². The van der Waals surface area contributed by atoms with Gasteiger partial charge in [0.1, 0.15) is 11.6 Å². The number of pyridine rings is 1. The van der Waals surface area contributed by atoms with Crippen molar-refractivity contribution in [1.29, 1.82) is 0 Å². The predicted molar refractivity (Wildman–Crippen MR) is 128 cm³/mol. The molecule has 0 amide bonds. The topological polar surface area (TPSA) is 130 Å². The molecule has 11 nitrogen and oxygen atoms in total. The Hall–Kier alpha value is -3.54. The lowest BCUT2D eigenvalue weighted by Gasteiger charge is -2.09. The lowest BCUT2D eigenvalue weighted by molar-refractivity contribution is 0.231. The zero-order chi connectivity index (χ0) is 24.0. The average molecular weight is 483 g/mol. The van der Waals surface area contributed by atoms with E-state index in [-0.39, 0.29) is 17.4 Å². The Morgan fingerprint density at radius 2 is 1.91 bits per heavy atom. The van der Waals surface area contributed by atoms with Gasteiger partial charge in [-0.2, -0.15) is 9.19 Å². The van der Waals surface area contributed by atoms with Crippen LogP contribution in [0.4, 0.5) is 11.6 Å². The molecule has 0 spiro atoms. The first kappa shape index (κ1) is 22.3. The molecular weight excluding hydrogens is 456 g/mol. The first-order valence-corrected chi connectivity index (χ1v) is 12.7. The van der Waals surface area contributed by atoms with Gasteiger partial charge in [0, 0.05) is 24.5 Å². The van der Waals surface area contributed by atoms with Gasteiger partial charge in [-0.15, -0.1) is 5.10 Å². The van der Waals surface area contributed by atoms with Gasteiger partial charge in [-0.3, -0.25) is 4.68 Å². The SMILES string of the molecule is CC(C)Oc1nn(C(C)C)c2cc(Nc3ccnc(-c4cnn(S(=O)(=O)C5CC5)c4)n3)ncc12. The van der Waals surface area contributed by atoms with E-state index in [9.17, 15) is 8.42 Å². The molecule has 12 heteroatoms. The van der Waals surface area contributed by atoms with Crippen LogP contribution in [0.15, 0.2) is 36.9 Å². The Bertz CT molecular complexity index is 1450. The third kappa shape index (κ3) is 4.20. The van der Waals surface area contributed by atoms with Gasteiger partial charge in [-0.1, -0.05) is 0 Å². The Labute approximate surface area is 197 Å². The first-order chi connectivity index (χ1) is 16.2. The van der Waals surface area contributed by atoms with E-state index in [0.29, 0.717) is 41.7 Å². The maximum Gasteiger partial charge on any atom is 0.256 e. The standard InChI is InChI=1S/C22H26N8O3S/c1-13(2)30-18-9-20(24-11-17(18)22(28-30)33-14(3)4)26-19-7-8-23-21(27-19)15-10-25-29(12-15)34(31,32)16-5-6-16/h7-14,16H,5-6H2,1-4H3,(H,23,24,26,27). The average Bonchev–Trinajstić information content (AvgIpc) is 3.43. The molecule has 4 aromatic rings. The molecule has 0 saturated heterocycles. The van der Waals surface area contributed by atoms with Crippen LogP contribution in [-0.4, -0.2) is 53.7 Å². The highest BCUT2D eigenvalue weighted by Gasteiger charge is 2.37. The van der Waals surface area contributed by atoms with Crippen LogP contribution in [0.2, 0.25) is 0 Å². The van der Waals surface area contributed by atoms with Gasteiger partial charge in [0.05, 0.1) is 40.2 Å². The van der Waals surface area contributed by atoms with Crippen molar-refractivity contribution in [2.24, 2.45) is 0 Å². The number of hydrogen-bond acceptors (Lipinski definition) is 9. The number of nitrogens with one attached hydrogen (secondary N) is 1. The van der Waals surface area contributed by atoms with Crippen LogP contribution >= 0.6 is 0 Å². The normalized spacial score (nSPS) is 14.3. The van der Waals surface area contributed by atoms with Crippen molar-refractivity contribution in [3.8, 4) is 17.3 Å². The number of hydrogen-bond donors (Lipinski definition) is 1. The monoisotopic (exact) mass is 482 g/mol. The molecule has 0 aliphatic heterocycles. The second-order valence-electron chi connectivity index (χ2n) is 8.83. The summed E-state index contributed by atoms with van der Waals surface area (Å²) in [5.74, 6) is 2.02. The van der Waals surface area contributed by atoms with Gasteiger partial charge >= 0.3 is 0 Å². The lowest BCUT2D eigenvalue weighted by atomic mass is 10.3. The molecule has 0 bridgehead atoms. The third-order valence-electron chi connectivity index (χ3n) is 5.33. The van der Waals surface area contributed by atoms with Crippen molar-refractivity contribution >= 4 is 32.6 Å². The summed E-state index contributed by atoms with van der Waals surface area (Å²) in [7, 11) is -3.44. The summed E-state index contributed by atoms with van der Waals surface area (Å²) >= 11 is 0. The van der Waals surface area contributed by atoms with Crippen molar-refractivity contribution < 1.29 is 13.2 Å². The van der Waals surface area contributed by atoms with Gasteiger partial charge in [0.2, 0.25) is 5.88 Å². The molecule has 1 aliphatic rings. The lowest BCUT2D eigenvalue weighted by Crippen LogP contribution is -2.17. The molecule has 4 aromatic heterocycles. The number of rotatable bonds is 8. The molecule has 1 fully saturated rings. The van der Waals surface area contributed by atoms with Crippen LogP contribution in [0.3, 0.4) is 0 Å². The molecule has 1 saturated carbocycles. The van der Waals surface area contributed by atoms with Crippen molar-refractivity contribution in [3.05, 3.63) is 36.9 Å². The second kappa shape index (κ2) is 8.35. The van der Waals surface area contributed by atoms with Crippen LogP contribution < -0.4 is 10.1 Å². The number of anilines is 2. The summed E-state index contributed by atoms with van der Waals surface area (Å²) in [6.07, 6.45) is 7.59. The summed E-state index contributed by atoms with van der Waals surface area (Å²) in [4.78, 5) is 13.3. The smallest absolute Gasteiger partial charge is 0.256 e. The van der Waals surface area contributed by atoms with Crippen molar-refractivity contribution in [2.45, 2.75) is 57.9 Å². The highest BCUT2D eigenvalue weighted by atomic mass is 32.2. The summed E-state index contributed by atoms with van der Waals surface area (Å²) in [5.41, 5.74) is 1.41. The third-order valence-corrected chi connectivity index (χ3v) is 7.37. The van der Waals surface area contributed by atoms with E-state index < -0.39 is 10.0 Å². The van der Waals surface area contributed by atoms with Crippen molar-refractivity contribution in [2.75, 3.05) is 5.32 Å². The maximum absolute atomic E-state index is 12.4. The molecular formula is C22H26N8O3S. The molecule has 0 aromatic carbocycles. The van der Waals surface area contributed by atoms with Gasteiger partial charge < -0.3 is 10.1 Å². The summed E-state index contributed by atoms with van der Waals surface area (Å²) in [5, 5.41) is 12.3. The first-order valence-electron chi connectivity index (χ1n) is 11.2. The number of fused-ring (bicyclic) bond motifs is 1. The van der Waals surface area contributed by atoms with E-state index in [1.807, 2.05) is 24.6 Å². The van der Waals surface area contributed by atoms with Crippen LogP contribution in [0.25, 0.3) is 22.3 Å². The zero-order valence-corrected chi connectivity index (χ0v) is 20.2. The molecule has 4 heterocycles. The number of nitrogens with zero attached hydrogens (tertiary/aromatic N) is 7. The summed E-state index contributed by atoms with van der Waals surface area (Å²) in [6, 6.07) is 3.75. The fourth-order valence-electron chi connectivity index (χ4n) is 3.55. The van der Waals surface area contributed by atoms with E-state index in [2.05, 4.69) is 44.3 Å². The Balaban J connectivity index is 1.43. The molecule has 0 atom stereocenters. The minimum Gasteiger partial charge on any atom is -0.473 e. The Kier molecular flexibility index (Phi) is 5.47. The molecule has 34 heavy (non-hydrogen) atoms. The minimum atomic E-state index is -3.44. The van der Waals surface area contributed by atoms with Gasteiger partial charge in [-0.05, 0) is 46.6 Å². The van der Waals surface area contributed by atoms with E-state index in [0.717, 1.165) is 15.0 Å². The van der Waals surface area contributed by atoms with E-state index >= 15 is 0 Å². The van der Waals surface area contributed by atoms with Gasteiger partial charge in [-0.25, -0.2) is 23.4 Å². The fourth-order valence-corrected chi connectivity index (χ4v) is 5.03. The fraction of sp³-hybridized carbons (Fsp3) is 0.409. The summed E-state index contributed by atoms with van der Waals surface area (Å²) < 4.78 is 33.6. The quantitative estimate of drug-likeness (QED) is 0.401. The van der Waals surface area contributed by atoms with Crippen molar-refractivity contribution in [3.63, 3.8) is 0 Å². The van der Waals surface area contributed by atoms with Gasteiger partial charge in [0.25, 0.3) is 10.0 Å². The zero-order valence-electron chi connectivity index (χ0n) is 19.4. The van der Waals surface area contributed by atoms with E-state index in [4.69, 9.17) is 4.74 Å². The molecule has 5 rings (SSSR count). The highest BCUT2D eigenvalue weighted by molar-refractivity contribution is 7.90. The number of aromatic nitrogens is 7. The maximum atomic E-state index is 12.4. The highest BCUT2D eigenvalue weighted by Crippen LogP contribution is 2.31.